The van der Waals surface area contributed by atoms with Crippen molar-refractivity contribution in [1.82, 2.24) is 24.4 Å². The molecule has 0 radical (unpaired) electrons. The molecule has 31 heavy (non-hydrogen) atoms. The second-order valence-corrected chi connectivity index (χ2v) is 8.32. The standard InChI is InChI=1S/C24H23N5O2/c1-15-13-28-6-7-29(14-22(28)27-15)24(30)18-10-19-20(12-26-23(19)25-11-18)16-4-5-21-17(9-16)3-2-8-31-21/h4-5,9-13H,2-3,6-8,14H2,1H3,(H,25,26). The van der Waals surface area contributed by atoms with Crippen LogP contribution in [0.25, 0.3) is 22.2 Å². The second-order valence-electron chi connectivity index (χ2n) is 8.32. The van der Waals surface area contributed by atoms with Crippen molar-refractivity contribution in [2.75, 3.05) is 13.2 Å². The minimum atomic E-state index is -0.00714. The molecular weight excluding hydrogens is 390 g/mol. The lowest BCUT2D eigenvalue weighted by atomic mass is 9.98. The fraction of sp³-hybridized carbons (Fsp3) is 0.292. The second kappa shape index (κ2) is 6.97. The van der Waals surface area contributed by atoms with Gasteiger partial charge in [0, 0.05) is 42.6 Å². The Labute approximate surface area is 179 Å². The lowest BCUT2D eigenvalue weighted by Crippen LogP contribution is -2.38. The van der Waals surface area contributed by atoms with Gasteiger partial charge in [0.05, 0.1) is 24.4 Å². The molecule has 3 aromatic heterocycles. The largest absolute Gasteiger partial charge is 0.493 e. The third kappa shape index (κ3) is 3.08. The van der Waals surface area contributed by atoms with Gasteiger partial charge >= 0.3 is 0 Å². The van der Waals surface area contributed by atoms with Crippen LogP contribution in [0.2, 0.25) is 0 Å². The molecule has 7 nitrogen and oxygen atoms in total. The van der Waals surface area contributed by atoms with Crippen molar-refractivity contribution < 1.29 is 9.53 Å². The van der Waals surface area contributed by atoms with Gasteiger partial charge in [-0.1, -0.05) is 6.07 Å². The maximum atomic E-state index is 13.2. The highest BCUT2D eigenvalue weighted by Crippen LogP contribution is 2.34. The first kappa shape index (κ1) is 18.2. The molecule has 0 unspecified atom stereocenters. The van der Waals surface area contributed by atoms with Crippen LogP contribution in [-0.4, -0.2) is 43.5 Å². The Morgan fingerprint density at radius 3 is 3.10 bits per heavy atom. The molecule has 7 heteroatoms. The molecule has 0 bridgehead atoms. The normalized spacial score (nSPS) is 15.5. The van der Waals surface area contributed by atoms with Gasteiger partial charge in [-0.25, -0.2) is 9.97 Å². The molecule has 0 aliphatic carbocycles. The monoisotopic (exact) mass is 413 g/mol. The van der Waals surface area contributed by atoms with Crippen LogP contribution in [0.5, 0.6) is 5.75 Å². The van der Waals surface area contributed by atoms with Gasteiger partial charge in [0.2, 0.25) is 0 Å². The number of aromatic amines is 1. The summed E-state index contributed by atoms with van der Waals surface area (Å²) in [6.07, 6.45) is 7.74. The highest BCUT2D eigenvalue weighted by molar-refractivity contribution is 6.01. The third-order valence-corrected chi connectivity index (χ3v) is 6.21. The van der Waals surface area contributed by atoms with Crippen molar-refractivity contribution in [2.24, 2.45) is 0 Å². The fourth-order valence-corrected chi connectivity index (χ4v) is 4.64. The van der Waals surface area contributed by atoms with E-state index in [0.717, 1.165) is 65.4 Å². The van der Waals surface area contributed by atoms with E-state index in [-0.39, 0.29) is 5.91 Å². The molecule has 2 aliphatic rings. The average molecular weight is 413 g/mol. The van der Waals surface area contributed by atoms with Crippen molar-refractivity contribution in [3.8, 4) is 16.9 Å². The number of hydrogen-bond donors (Lipinski definition) is 1. The number of carbonyl (C=O) groups excluding carboxylic acids is 1. The number of aryl methyl sites for hydroxylation is 2. The molecule has 0 atom stereocenters. The summed E-state index contributed by atoms with van der Waals surface area (Å²) in [6.45, 7) is 4.73. The lowest BCUT2D eigenvalue weighted by Gasteiger charge is -2.27. The van der Waals surface area contributed by atoms with Crippen molar-refractivity contribution in [3.63, 3.8) is 0 Å². The summed E-state index contributed by atoms with van der Waals surface area (Å²) >= 11 is 0. The zero-order chi connectivity index (χ0) is 20.9. The third-order valence-electron chi connectivity index (χ3n) is 6.21. The van der Waals surface area contributed by atoms with Crippen molar-refractivity contribution in [2.45, 2.75) is 32.9 Å². The van der Waals surface area contributed by atoms with E-state index in [1.54, 1.807) is 6.20 Å². The van der Waals surface area contributed by atoms with Crippen LogP contribution in [0.3, 0.4) is 0 Å². The van der Waals surface area contributed by atoms with E-state index in [0.29, 0.717) is 18.7 Å². The molecule has 156 valence electrons. The van der Waals surface area contributed by atoms with Crippen molar-refractivity contribution in [1.29, 1.82) is 0 Å². The number of nitrogens with zero attached hydrogens (tertiary/aromatic N) is 4. The van der Waals surface area contributed by atoms with Crippen LogP contribution in [-0.2, 0) is 19.5 Å². The van der Waals surface area contributed by atoms with Crippen LogP contribution >= 0.6 is 0 Å². The first-order valence-corrected chi connectivity index (χ1v) is 10.7. The van der Waals surface area contributed by atoms with E-state index >= 15 is 0 Å². The van der Waals surface area contributed by atoms with Crippen molar-refractivity contribution in [3.05, 3.63) is 65.5 Å². The Kier molecular flexibility index (Phi) is 4.09. The van der Waals surface area contributed by atoms with E-state index in [1.165, 1.54) is 5.56 Å². The Morgan fingerprint density at radius 1 is 1.23 bits per heavy atom. The van der Waals surface area contributed by atoms with Crippen molar-refractivity contribution >= 4 is 16.9 Å². The quantitative estimate of drug-likeness (QED) is 0.544. The summed E-state index contributed by atoms with van der Waals surface area (Å²) in [5.74, 6) is 1.90. The SMILES string of the molecule is Cc1cn2c(n1)CN(C(=O)c1cnc3[nH]cc(-c4ccc5c(c4)CCCO5)c3c1)CC2. The minimum absolute atomic E-state index is 0.00714. The van der Waals surface area contributed by atoms with E-state index in [4.69, 9.17) is 4.74 Å². The molecule has 4 aromatic rings. The predicted octanol–water partition coefficient (Wildman–Crippen LogP) is 3.72. The Bertz CT molecular complexity index is 1320. The Balaban J connectivity index is 1.34. The number of pyridine rings is 1. The molecule has 0 fully saturated rings. The number of fused-ring (bicyclic) bond motifs is 3. The number of aromatic nitrogens is 4. The topological polar surface area (TPSA) is 76.0 Å². The zero-order valence-electron chi connectivity index (χ0n) is 17.4. The first-order valence-electron chi connectivity index (χ1n) is 10.7. The summed E-state index contributed by atoms with van der Waals surface area (Å²) in [7, 11) is 0. The molecule has 0 spiro atoms. The van der Waals surface area contributed by atoms with Crippen LogP contribution < -0.4 is 4.74 Å². The Morgan fingerprint density at radius 2 is 2.16 bits per heavy atom. The smallest absolute Gasteiger partial charge is 0.255 e. The number of ether oxygens (including phenoxy) is 1. The molecule has 6 rings (SSSR count). The first-order chi connectivity index (χ1) is 15.2. The highest BCUT2D eigenvalue weighted by Gasteiger charge is 2.24. The average Bonchev–Trinajstić information content (AvgIpc) is 3.39. The summed E-state index contributed by atoms with van der Waals surface area (Å²) in [5, 5.41) is 0.955. The number of imidazole rings is 1. The van der Waals surface area contributed by atoms with E-state index in [9.17, 15) is 4.79 Å². The van der Waals surface area contributed by atoms with Gasteiger partial charge in [0.25, 0.3) is 5.91 Å². The van der Waals surface area contributed by atoms with E-state index in [1.807, 2.05) is 36.4 Å². The molecule has 2 aliphatic heterocycles. The minimum Gasteiger partial charge on any atom is -0.493 e. The zero-order valence-corrected chi connectivity index (χ0v) is 17.4. The number of rotatable bonds is 2. The molecule has 0 saturated heterocycles. The number of hydrogen-bond acceptors (Lipinski definition) is 4. The van der Waals surface area contributed by atoms with Crippen LogP contribution in [0.1, 0.15) is 33.9 Å². The lowest BCUT2D eigenvalue weighted by molar-refractivity contribution is 0.0707. The maximum Gasteiger partial charge on any atom is 0.255 e. The number of amides is 1. The number of carbonyl (C=O) groups is 1. The van der Waals surface area contributed by atoms with E-state index < -0.39 is 0 Å². The summed E-state index contributed by atoms with van der Waals surface area (Å²) in [4.78, 5) is 27.4. The molecule has 1 aromatic carbocycles. The molecule has 0 saturated carbocycles. The maximum absolute atomic E-state index is 13.2. The summed E-state index contributed by atoms with van der Waals surface area (Å²) in [5.41, 5.74) is 5.77. The number of H-pyrrole nitrogens is 1. The van der Waals surface area contributed by atoms with Crippen LogP contribution in [0.15, 0.2) is 42.9 Å². The predicted molar refractivity (Wildman–Crippen MR) is 117 cm³/mol. The molecule has 5 heterocycles. The molecule has 1 amide bonds. The van der Waals surface area contributed by atoms with Crippen LogP contribution in [0.4, 0.5) is 0 Å². The van der Waals surface area contributed by atoms with Gasteiger partial charge in [0.15, 0.2) is 0 Å². The fourth-order valence-electron chi connectivity index (χ4n) is 4.64. The van der Waals surface area contributed by atoms with Gasteiger partial charge in [-0.3, -0.25) is 4.79 Å². The van der Waals surface area contributed by atoms with E-state index in [2.05, 4.69) is 31.7 Å². The molecule has 1 N–H and O–H groups in total. The number of benzene rings is 1. The van der Waals surface area contributed by atoms with Gasteiger partial charge in [0.1, 0.15) is 17.2 Å². The van der Waals surface area contributed by atoms with Gasteiger partial charge < -0.3 is 19.2 Å². The van der Waals surface area contributed by atoms with Crippen LogP contribution in [0, 0.1) is 6.92 Å². The summed E-state index contributed by atoms with van der Waals surface area (Å²) < 4.78 is 7.88. The highest BCUT2D eigenvalue weighted by atomic mass is 16.5. The van der Waals surface area contributed by atoms with Gasteiger partial charge in [-0.2, -0.15) is 0 Å². The Hall–Kier alpha value is -3.61. The summed E-state index contributed by atoms with van der Waals surface area (Å²) in [6, 6.07) is 8.27. The van der Waals surface area contributed by atoms with Gasteiger partial charge in [-0.15, -0.1) is 0 Å². The van der Waals surface area contributed by atoms with Gasteiger partial charge in [-0.05, 0) is 49.1 Å². The number of nitrogens with one attached hydrogen (secondary N) is 1. The molecular formula is C24H23N5O2.